The van der Waals surface area contributed by atoms with Gasteiger partial charge in [0, 0.05) is 41.3 Å². The summed E-state index contributed by atoms with van der Waals surface area (Å²) in [4.78, 5) is 25.6. The van der Waals surface area contributed by atoms with Crippen molar-refractivity contribution in [2.24, 2.45) is 0 Å². The monoisotopic (exact) mass is 479 g/mol. The summed E-state index contributed by atoms with van der Waals surface area (Å²) in [6.45, 7) is 7.93. The number of rotatable bonds is 6. The third-order valence-electron chi connectivity index (χ3n) is 4.98. The summed E-state index contributed by atoms with van der Waals surface area (Å²) < 4.78 is 4.83. The number of hydrogen-bond donors (Lipinski definition) is 2. The second-order valence-electron chi connectivity index (χ2n) is 7.26. The summed E-state index contributed by atoms with van der Waals surface area (Å²) >= 11 is 12.7. The molecule has 1 unspecified atom stereocenters. The molecule has 1 aliphatic heterocycles. The van der Waals surface area contributed by atoms with Gasteiger partial charge in [0.1, 0.15) is 0 Å². The Kier molecular flexibility index (Phi) is 10.3. The zero-order chi connectivity index (χ0) is 23.7. The highest BCUT2D eigenvalue weighted by molar-refractivity contribution is 6.35. The number of halogens is 2. The van der Waals surface area contributed by atoms with Gasteiger partial charge in [-0.3, -0.25) is 4.79 Å². The topological polar surface area (TPSA) is 70.7 Å². The normalized spacial score (nSPS) is 15.1. The predicted octanol–water partition coefficient (Wildman–Crippen LogP) is 5.67. The number of benzene rings is 2. The summed E-state index contributed by atoms with van der Waals surface area (Å²) in [5.74, 6) is -0.192. The molecule has 3 rings (SSSR count). The molecule has 1 aliphatic rings. The lowest BCUT2D eigenvalue weighted by Crippen LogP contribution is -2.31. The van der Waals surface area contributed by atoms with Gasteiger partial charge in [-0.05, 0) is 54.9 Å². The minimum Gasteiger partial charge on any atom is -0.466 e. The molecule has 32 heavy (non-hydrogen) atoms. The van der Waals surface area contributed by atoms with Gasteiger partial charge in [-0.2, -0.15) is 0 Å². The van der Waals surface area contributed by atoms with E-state index < -0.39 is 0 Å². The Morgan fingerprint density at radius 2 is 1.84 bits per heavy atom. The average Bonchev–Trinajstić information content (AvgIpc) is 2.76. The van der Waals surface area contributed by atoms with Gasteiger partial charge in [0.05, 0.1) is 13.0 Å². The predicted molar refractivity (Wildman–Crippen MR) is 131 cm³/mol. The maximum absolute atomic E-state index is 12.0. The lowest BCUT2D eigenvalue weighted by molar-refractivity contribution is -0.142. The quantitative estimate of drug-likeness (QED) is 0.523. The molecule has 0 radical (unpaired) electrons. The van der Waals surface area contributed by atoms with Crippen LogP contribution in [0.5, 0.6) is 0 Å². The third kappa shape index (κ3) is 7.12. The molecule has 0 bridgehead atoms. The fraction of sp³-hybridized carbons (Fsp3) is 0.417. The highest BCUT2D eigenvalue weighted by Crippen LogP contribution is 2.38. The molecule has 0 fully saturated rings. The average molecular weight is 480 g/mol. The number of amides is 2. The zero-order valence-corrected chi connectivity index (χ0v) is 20.5. The van der Waals surface area contributed by atoms with Crippen LogP contribution in [0.25, 0.3) is 0 Å². The van der Waals surface area contributed by atoms with Gasteiger partial charge in [-0.25, -0.2) is 4.79 Å². The van der Waals surface area contributed by atoms with E-state index in [-0.39, 0.29) is 30.9 Å². The first-order chi connectivity index (χ1) is 15.4. The number of hydrogen-bond acceptors (Lipinski definition) is 4. The molecule has 1 heterocycles. The molecule has 0 aliphatic carbocycles. The molecule has 0 saturated heterocycles. The van der Waals surface area contributed by atoms with Crippen molar-refractivity contribution in [3.05, 3.63) is 63.1 Å². The number of likely N-dealkylation sites (N-methyl/N-ethyl adjacent to an activating group) is 1. The molecule has 1 atom stereocenters. The number of nitrogens with zero attached hydrogens (tertiary/aromatic N) is 1. The number of urea groups is 1. The van der Waals surface area contributed by atoms with Crippen molar-refractivity contribution in [1.29, 1.82) is 0 Å². The third-order valence-corrected chi connectivity index (χ3v) is 5.54. The molecule has 174 valence electrons. The Morgan fingerprint density at radius 1 is 1.16 bits per heavy atom. The van der Waals surface area contributed by atoms with Crippen LogP contribution in [-0.4, -0.2) is 43.6 Å². The minimum absolute atomic E-state index is 0.139. The van der Waals surface area contributed by atoms with Gasteiger partial charge >= 0.3 is 12.0 Å². The molecule has 2 aromatic carbocycles. The number of ether oxygens (including phenoxy) is 1. The molecule has 8 heteroatoms. The smallest absolute Gasteiger partial charge is 0.319 e. The number of carbonyl (C=O) groups is 2. The van der Waals surface area contributed by atoms with E-state index in [1.165, 1.54) is 0 Å². The first kappa shape index (κ1) is 26.0. The van der Waals surface area contributed by atoms with Crippen molar-refractivity contribution in [2.45, 2.75) is 39.7 Å². The summed E-state index contributed by atoms with van der Waals surface area (Å²) in [6.07, 6.45) is 0.139. The SMILES string of the molecule is CC.CCOC(=O)CCNC(=O)Nc1ccc(C2CN(C)Cc3c(Cl)cc(Cl)cc32)cc1. The van der Waals surface area contributed by atoms with Crippen molar-refractivity contribution in [1.82, 2.24) is 10.2 Å². The highest BCUT2D eigenvalue weighted by atomic mass is 35.5. The van der Waals surface area contributed by atoms with Crippen LogP contribution in [0.2, 0.25) is 10.0 Å². The van der Waals surface area contributed by atoms with E-state index >= 15 is 0 Å². The molecule has 2 aromatic rings. The van der Waals surface area contributed by atoms with Crippen LogP contribution in [0.3, 0.4) is 0 Å². The second-order valence-corrected chi connectivity index (χ2v) is 8.11. The summed E-state index contributed by atoms with van der Waals surface area (Å²) in [7, 11) is 2.07. The van der Waals surface area contributed by atoms with Crippen LogP contribution < -0.4 is 10.6 Å². The standard InChI is InChI=1S/C22H25Cl2N3O3.C2H6/c1-3-30-21(28)8-9-25-22(29)26-16-6-4-14(5-7-16)18-12-27(2)13-19-17(18)10-15(23)11-20(19)24;1-2/h4-7,10-11,18H,3,8-9,12-13H2,1-2H3,(H2,25,26,29);1-2H3. The number of carbonyl (C=O) groups excluding carboxylic acids is 2. The van der Waals surface area contributed by atoms with Crippen molar-refractivity contribution >= 4 is 40.9 Å². The molecule has 2 N–H and O–H groups in total. The van der Waals surface area contributed by atoms with Gasteiger partial charge in [0.2, 0.25) is 0 Å². The van der Waals surface area contributed by atoms with Crippen LogP contribution in [0.15, 0.2) is 36.4 Å². The fourth-order valence-corrected chi connectivity index (χ4v) is 4.18. The molecule has 0 spiro atoms. The van der Waals surface area contributed by atoms with Crippen LogP contribution in [0, 0.1) is 0 Å². The van der Waals surface area contributed by atoms with Gasteiger partial charge < -0.3 is 20.3 Å². The zero-order valence-electron chi connectivity index (χ0n) is 19.0. The van der Waals surface area contributed by atoms with Gasteiger partial charge in [0.15, 0.2) is 0 Å². The number of nitrogens with one attached hydrogen (secondary N) is 2. The number of anilines is 1. The van der Waals surface area contributed by atoms with E-state index in [0.29, 0.717) is 22.3 Å². The highest BCUT2D eigenvalue weighted by Gasteiger charge is 2.27. The first-order valence-electron chi connectivity index (χ1n) is 10.8. The summed E-state index contributed by atoms with van der Waals surface area (Å²) in [6, 6.07) is 11.1. The Labute approximate surface area is 200 Å². The Bertz CT molecular complexity index is 919. The second kappa shape index (κ2) is 12.7. The van der Waals surface area contributed by atoms with Crippen molar-refractivity contribution in [3.63, 3.8) is 0 Å². The molecule has 0 saturated carbocycles. The van der Waals surface area contributed by atoms with E-state index in [1.807, 2.05) is 44.2 Å². The van der Waals surface area contributed by atoms with Crippen LogP contribution in [0.1, 0.15) is 49.8 Å². The summed E-state index contributed by atoms with van der Waals surface area (Å²) in [5, 5.41) is 6.73. The van der Waals surface area contributed by atoms with Crippen LogP contribution in [0.4, 0.5) is 10.5 Å². The molecular formula is C24H31Cl2N3O3. The Balaban J connectivity index is 0.00000176. The molecule has 0 aromatic heterocycles. The molecule has 6 nitrogen and oxygen atoms in total. The molecular weight excluding hydrogens is 449 g/mol. The van der Waals surface area contributed by atoms with Crippen molar-refractivity contribution < 1.29 is 14.3 Å². The van der Waals surface area contributed by atoms with Crippen LogP contribution >= 0.6 is 23.2 Å². The van der Waals surface area contributed by atoms with E-state index in [2.05, 4.69) is 22.6 Å². The van der Waals surface area contributed by atoms with Gasteiger partial charge in [0.25, 0.3) is 0 Å². The molecule has 2 amide bonds. The lowest BCUT2D eigenvalue weighted by Gasteiger charge is -2.33. The van der Waals surface area contributed by atoms with E-state index in [9.17, 15) is 9.59 Å². The number of esters is 1. The van der Waals surface area contributed by atoms with Crippen LogP contribution in [-0.2, 0) is 16.1 Å². The first-order valence-corrected chi connectivity index (χ1v) is 11.6. The maximum atomic E-state index is 12.0. The number of fused-ring (bicyclic) bond motifs is 1. The minimum atomic E-state index is -0.367. The van der Waals surface area contributed by atoms with E-state index in [4.69, 9.17) is 27.9 Å². The largest absolute Gasteiger partial charge is 0.466 e. The van der Waals surface area contributed by atoms with Gasteiger partial charge in [-0.15, -0.1) is 0 Å². The maximum Gasteiger partial charge on any atom is 0.319 e. The van der Waals surface area contributed by atoms with E-state index in [0.717, 1.165) is 29.8 Å². The summed E-state index contributed by atoms with van der Waals surface area (Å²) in [5.41, 5.74) is 4.03. The van der Waals surface area contributed by atoms with E-state index in [1.54, 1.807) is 13.0 Å². The lowest BCUT2D eigenvalue weighted by atomic mass is 9.85. The van der Waals surface area contributed by atoms with Gasteiger partial charge in [-0.1, -0.05) is 49.2 Å². The Morgan fingerprint density at radius 3 is 2.50 bits per heavy atom. The van der Waals surface area contributed by atoms with Crippen molar-refractivity contribution in [2.75, 3.05) is 32.1 Å². The van der Waals surface area contributed by atoms with Crippen molar-refractivity contribution in [3.8, 4) is 0 Å². The fourth-order valence-electron chi connectivity index (χ4n) is 3.62. The Hall–Kier alpha value is -2.28.